The van der Waals surface area contributed by atoms with Gasteiger partial charge in [-0.2, -0.15) is 5.10 Å². The largest absolute Gasteiger partial charge is 0.374 e. The molecule has 1 aliphatic heterocycles. The van der Waals surface area contributed by atoms with Gasteiger partial charge in [-0.15, -0.1) is 0 Å². The Morgan fingerprint density at radius 2 is 1.87 bits per heavy atom. The summed E-state index contributed by atoms with van der Waals surface area (Å²) < 4.78 is 7.84. The lowest BCUT2D eigenvalue weighted by Gasteiger charge is -2.33. The van der Waals surface area contributed by atoms with Crippen LogP contribution in [0.5, 0.6) is 0 Å². The van der Waals surface area contributed by atoms with Gasteiger partial charge in [0.05, 0.1) is 24.9 Å². The molecule has 2 heterocycles. The van der Waals surface area contributed by atoms with Crippen molar-refractivity contribution in [3.8, 4) is 0 Å². The topological polar surface area (TPSA) is 59.4 Å². The van der Waals surface area contributed by atoms with Crippen LogP contribution < -0.4 is 5.32 Å². The van der Waals surface area contributed by atoms with Crippen LogP contribution in [-0.4, -0.2) is 52.9 Å². The number of nitrogens with one attached hydrogen (secondary N) is 1. The van der Waals surface area contributed by atoms with E-state index in [1.807, 2.05) is 48.9 Å². The number of morpholine rings is 1. The van der Waals surface area contributed by atoms with Crippen molar-refractivity contribution in [3.63, 3.8) is 0 Å². The zero-order chi connectivity index (χ0) is 21.6. The molecule has 0 spiro atoms. The van der Waals surface area contributed by atoms with E-state index < -0.39 is 0 Å². The molecule has 2 aromatic carbocycles. The highest BCUT2D eigenvalue weighted by molar-refractivity contribution is 5.94. The summed E-state index contributed by atoms with van der Waals surface area (Å²) in [7, 11) is 0. The predicted octanol–water partition coefficient (Wildman–Crippen LogP) is 3.18. The highest BCUT2D eigenvalue weighted by atomic mass is 16.5. The Kier molecular flexibility index (Phi) is 6.79. The fourth-order valence-electron chi connectivity index (χ4n) is 4.02. The molecular formula is C25H30N4O2. The van der Waals surface area contributed by atoms with Crippen LogP contribution in [0.1, 0.15) is 32.9 Å². The third-order valence-electron chi connectivity index (χ3n) is 5.59. The number of hydrogen-bond donors (Lipinski definition) is 1. The summed E-state index contributed by atoms with van der Waals surface area (Å²) >= 11 is 0. The lowest BCUT2D eigenvalue weighted by Crippen LogP contribution is -2.47. The van der Waals surface area contributed by atoms with Gasteiger partial charge in [-0.25, -0.2) is 0 Å². The van der Waals surface area contributed by atoms with E-state index in [1.165, 1.54) is 5.56 Å². The second-order valence-corrected chi connectivity index (χ2v) is 8.21. The number of aromatic nitrogens is 2. The number of carbonyl (C=O) groups excluding carboxylic acids is 1. The number of benzene rings is 2. The number of nitrogens with zero attached hydrogens (tertiary/aromatic N) is 3. The van der Waals surface area contributed by atoms with Crippen LogP contribution >= 0.6 is 0 Å². The molecule has 31 heavy (non-hydrogen) atoms. The van der Waals surface area contributed by atoms with Gasteiger partial charge >= 0.3 is 0 Å². The smallest absolute Gasteiger partial charge is 0.251 e. The first-order valence-corrected chi connectivity index (χ1v) is 10.8. The zero-order valence-electron chi connectivity index (χ0n) is 18.3. The summed E-state index contributed by atoms with van der Waals surface area (Å²) in [5, 5.41) is 7.56. The van der Waals surface area contributed by atoms with E-state index in [0.717, 1.165) is 36.6 Å². The van der Waals surface area contributed by atoms with Crippen molar-refractivity contribution in [1.29, 1.82) is 0 Å². The van der Waals surface area contributed by atoms with Crippen LogP contribution in [0.15, 0.2) is 60.7 Å². The molecule has 3 aromatic rings. The van der Waals surface area contributed by atoms with E-state index in [2.05, 4.69) is 45.6 Å². The molecule has 6 heteroatoms. The van der Waals surface area contributed by atoms with Gasteiger partial charge in [0.1, 0.15) is 0 Å². The van der Waals surface area contributed by atoms with Gasteiger partial charge in [-0.1, -0.05) is 42.5 Å². The van der Waals surface area contributed by atoms with Crippen LogP contribution in [0.4, 0.5) is 0 Å². The highest BCUT2D eigenvalue weighted by Gasteiger charge is 2.21. The average molecular weight is 419 g/mol. The number of amides is 1. The summed E-state index contributed by atoms with van der Waals surface area (Å²) in [6.45, 7) is 8.51. The van der Waals surface area contributed by atoms with Crippen LogP contribution in [0.25, 0.3) is 0 Å². The maximum Gasteiger partial charge on any atom is 0.251 e. The molecule has 0 bridgehead atoms. The minimum atomic E-state index is -0.0704. The molecule has 4 rings (SSSR count). The van der Waals surface area contributed by atoms with E-state index in [1.54, 1.807) is 0 Å². The Labute approximate surface area is 183 Å². The predicted molar refractivity (Wildman–Crippen MR) is 121 cm³/mol. The number of carbonyl (C=O) groups is 1. The van der Waals surface area contributed by atoms with Gasteiger partial charge in [0.2, 0.25) is 0 Å². The molecule has 0 aliphatic carbocycles. The highest BCUT2D eigenvalue weighted by Crippen LogP contribution is 2.12. The van der Waals surface area contributed by atoms with Crippen LogP contribution in [-0.2, 0) is 17.8 Å². The fraction of sp³-hybridized carbons (Fsp3) is 0.360. The molecular weight excluding hydrogens is 388 g/mol. The van der Waals surface area contributed by atoms with Gasteiger partial charge in [0.25, 0.3) is 5.91 Å². The van der Waals surface area contributed by atoms with E-state index in [9.17, 15) is 4.79 Å². The first kappa shape index (κ1) is 21.3. The van der Waals surface area contributed by atoms with Crippen molar-refractivity contribution >= 4 is 5.91 Å². The van der Waals surface area contributed by atoms with Crippen molar-refractivity contribution < 1.29 is 9.53 Å². The van der Waals surface area contributed by atoms with Crippen LogP contribution in [0.3, 0.4) is 0 Å². The maximum absolute atomic E-state index is 12.7. The maximum atomic E-state index is 12.7. The Morgan fingerprint density at radius 3 is 2.65 bits per heavy atom. The van der Waals surface area contributed by atoms with Gasteiger partial charge < -0.3 is 10.1 Å². The van der Waals surface area contributed by atoms with E-state index in [4.69, 9.17) is 4.74 Å². The van der Waals surface area contributed by atoms with E-state index >= 15 is 0 Å². The molecule has 0 radical (unpaired) electrons. The zero-order valence-corrected chi connectivity index (χ0v) is 18.3. The van der Waals surface area contributed by atoms with Crippen molar-refractivity contribution in [2.75, 3.05) is 26.2 Å². The first-order valence-electron chi connectivity index (χ1n) is 10.8. The van der Waals surface area contributed by atoms with Crippen molar-refractivity contribution in [2.24, 2.45) is 0 Å². The van der Waals surface area contributed by atoms with Crippen molar-refractivity contribution in [2.45, 2.75) is 33.0 Å². The number of aryl methyl sites for hydroxylation is 2. The minimum absolute atomic E-state index is 0.000654. The molecule has 1 N–H and O–H groups in total. The fourth-order valence-corrected chi connectivity index (χ4v) is 4.02. The summed E-state index contributed by atoms with van der Waals surface area (Å²) in [5.74, 6) is -0.0704. The van der Waals surface area contributed by atoms with Crippen LogP contribution in [0, 0.1) is 13.8 Å². The van der Waals surface area contributed by atoms with Crippen molar-refractivity contribution in [1.82, 2.24) is 20.0 Å². The first-order chi connectivity index (χ1) is 15.1. The SMILES string of the molecule is Cc1cc(C)n(Cc2cccc(C(=O)NCC3CN(Cc4ccccc4)CCO3)c2)n1. The molecule has 6 nitrogen and oxygen atoms in total. The molecule has 1 amide bonds. The summed E-state index contributed by atoms with van der Waals surface area (Å²) in [4.78, 5) is 15.1. The Morgan fingerprint density at radius 1 is 1.06 bits per heavy atom. The lowest BCUT2D eigenvalue weighted by atomic mass is 10.1. The standard InChI is InChI=1S/C25H30N4O2/c1-19-13-20(2)29(27-19)17-22-9-6-10-23(14-22)25(30)26-15-24-18-28(11-12-31-24)16-21-7-4-3-5-8-21/h3-10,13-14,24H,11-12,15-18H2,1-2H3,(H,26,30). The summed E-state index contributed by atoms with van der Waals surface area (Å²) in [5.41, 5.74) is 5.13. The number of hydrogen-bond acceptors (Lipinski definition) is 4. The molecule has 1 saturated heterocycles. The number of ether oxygens (including phenoxy) is 1. The second-order valence-electron chi connectivity index (χ2n) is 8.21. The van der Waals surface area contributed by atoms with Gasteiger partial charge in [-0.3, -0.25) is 14.4 Å². The normalized spacial score (nSPS) is 16.9. The molecule has 1 aliphatic rings. The van der Waals surface area contributed by atoms with Crippen LogP contribution in [0.2, 0.25) is 0 Å². The molecule has 1 atom stereocenters. The molecule has 0 saturated carbocycles. The Balaban J connectivity index is 1.30. The van der Waals surface area contributed by atoms with E-state index in [0.29, 0.717) is 25.3 Å². The third-order valence-corrected chi connectivity index (χ3v) is 5.59. The number of rotatable bonds is 7. The van der Waals surface area contributed by atoms with E-state index in [-0.39, 0.29) is 12.0 Å². The summed E-state index contributed by atoms with van der Waals surface area (Å²) in [6, 6.07) is 20.3. The van der Waals surface area contributed by atoms with Gasteiger partial charge in [-0.05, 0) is 43.2 Å². The molecule has 1 fully saturated rings. The van der Waals surface area contributed by atoms with Gasteiger partial charge in [0.15, 0.2) is 0 Å². The molecule has 1 aromatic heterocycles. The molecule has 162 valence electrons. The second kappa shape index (κ2) is 9.90. The minimum Gasteiger partial charge on any atom is -0.374 e. The quantitative estimate of drug-likeness (QED) is 0.640. The monoisotopic (exact) mass is 418 g/mol. The average Bonchev–Trinajstić information content (AvgIpc) is 3.09. The Hall–Kier alpha value is -2.96. The molecule has 1 unspecified atom stereocenters. The third kappa shape index (κ3) is 5.81. The summed E-state index contributed by atoms with van der Waals surface area (Å²) in [6.07, 6.45) is -0.000654. The van der Waals surface area contributed by atoms with Gasteiger partial charge in [0, 0.05) is 37.4 Å². The van der Waals surface area contributed by atoms with Crippen molar-refractivity contribution in [3.05, 3.63) is 88.7 Å². The Bertz CT molecular complexity index is 1020. The lowest BCUT2D eigenvalue weighted by molar-refractivity contribution is -0.0292.